The lowest BCUT2D eigenvalue weighted by atomic mass is 10.0. The van der Waals surface area contributed by atoms with Crippen LogP contribution in [0.4, 0.5) is 0 Å². The average molecular weight is 338 g/mol. The summed E-state index contributed by atoms with van der Waals surface area (Å²) in [5.41, 5.74) is 2.72. The maximum atomic E-state index is 3.66. The highest BCUT2D eigenvalue weighted by Gasteiger charge is 2.15. The third-order valence-electron chi connectivity index (χ3n) is 3.14. The van der Waals surface area contributed by atoms with E-state index in [1.807, 2.05) is 11.3 Å². The van der Waals surface area contributed by atoms with Crippen LogP contribution in [0.2, 0.25) is 0 Å². The number of hydrogen-bond acceptors (Lipinski definition) is 2. The molecular formula is C16H20BrNS. The molecule has 1 aromatic heterocycles. The van der Waals surface area contributed by atoms with Crippen LogP contribution >= 0.6 is 27.3 Å². The maximum Gasteiger partial charge on any atom is 0.0731 e. The fraction of sp³-hybridized carbons (Fsp3) is 0.375. The van der Waals surface area contributed by atoms with Crippen molar-refractivity contribution in [2.75, 3.05) is 6.54 Å². The summed E-state index contributed by atoms with van der Waals surface area (Å²) >= 11 is 5.48. The molecule has 1 unspecified atom stereocenters. The normalized spacial score (nSPS) is 12.6. The minimum absolute atomic E-state index is 0.414. The van der Waals surface area contributed by atoms with Crippen molar-refractivity contribution in [1.82, 2.24) is 5.32 Å². The minimum Gasteiger partial charge on any atom is -0.309 e. The second kappa shape index (κ2) is 7.22. The van der Waals surface area contributed by atoms with Gasteiger partial charge < -0.3 is 5.32 Å². The summed E-state index contributed by atoms with van der Waals surface area (Å²) in [7, 11) is 0. The Morgan fingerprint density at radius 1 is 1.26 bits per heavy atom. The minimum atomic E-state index is 0.414. The van der Waals surface area contributed by atoms with E-state index < -0.39 is 0 Å². The summed E-state index contributed by atoms with van der Waals surface area (Å²) in [6, 6.07) is 13.4. The molecule has 2 rings (SSSR count). The van der Waals surface area contributed by atoms with Crippen LogP contribution in [0.15, 0.2) is 40.2 Å². The van der Waals surface area contributed by atoms with Crippen LogP contribution < -0.4 is 5.32 Å². The molecule has 19 heavy (non-hydrogen) atoms. The van der Waals surface area contributed by atoms with Crippen LogP contribution in [-0.2, 0) is 6.42 Å². The first kappa shape index (κ1) is 14.8. The monoisotopic (exact) mass is 337 g/mol. The molecule has 0 aliphatic rings. The van der Waals surface area contributed by atoms with Gasteiger partial charge in [-0.3, -0.25) is 0 Å². The highest BCUT2D eigenvalue weighted by Crippen LogP contribution is 2.32. The van der Waals surface area contributed by atoms with Gasteiger partial charge in [-0.25, -0.2) is 0 Å². The Morgan fingerprint density at radius 2 is 2.00 bits per heavy atom. The zero-order chi connectivity index (χ0) is 13.7. The number of nitrogens with one attached hydrogen (secondary N) is 1. The molecule has 1 nitrogen and oxygen atoms in total. The van der Waals surface area contributed by atoms with Gasteiger partial charge in [0.05, 0.1) is 3.79 Å². The summed E-state index contributed by atoms with van der Waals surface area (Å²) in [4.78, 5) is 1.42. The first-order valence-corrected chi connectivity index (χ1v) is 8.34. The second-order valence-electron chi connectivity index (χ2n) is 4.80. The van der Waals surface area contributed by atoms with Gasteiger partial charge in [-0.2, -0.15) is 0 Å². The van der Waals surface area contributed by atoms with E-state index in [0.717, 1.165) is 19.4 Å². The van der Waals surface area contributed by atoms with Gasteiger partial charge in [0.1, 0.15) is 0 Å². The van der Waals surface area contributed by atoms with Gasteiger partial charge in [-0.1, -0.05) is 37.3 Å². The zero-order valence-electron chi connectivity index (χ0n) is 11.4. The number of aryl methyl sites for hydroxylation is 1. The largest absolute Gasteiger partial charge is 0.309 e. The molecule has 2 aromatic rings. The van der Waals surface area contributed by atoms with Crippen LogP contribution in [-0.4, -0.2) is 6.54 Å². The number of benzene rings is 1. The zero-order valence-corrected chi connectivity index (χ0v) is 13.9. The van der Waals surface area contributed by atoms with Crippen LogP contribution in [0.1, 0.15) is 35.4 Å². The Bertz CT molecular complexity index is 487. The smallest absolute Gasteiger partial charge is 0.0731 e. The Balaban J connectivity index is 2.15. The van der Waals surface area contributed by atoms with Crippen LogP contribution in [0.3, 0.4) is 0 Å². The summed E-state index contributed by atoms with van der Waals surface area (Å²) in [5.74, 6) is 0. The predicted molar refractivity (Wildman–Crippen MR) is 87.9 cm³/mol. The quantitative estimate of drug-likeness (QED) is 0.772. The van der Waals surface area contributed by atoms with Gasteiger partial charge in [0.15, 0.2) is 0 Å². The van der Waals surface area contributed by atoms with Gasteiger partial charge in [-0.05, 0) is 59.4 Å². The summed E-state index contributed by atoms with van der Waals surface area (Å²) in [6.07, 6.45) is 2.21. The van der Waals surface area contributed by atoms with E-state index in [-0.39, 0.29) is 0 Å². The van der Waals surface area contributed by atoms with E-state index in [4.69, 9.17) is 0 Å². The lowest BCUT2D eigenvalue weighted by Crippen LogP contribution is -2.23. The summed E-state index contributed by atoms with van der Waals surface area (Å²) in [6.45, 7) is 5.43. The van der Waals surface area contributed by atoms with Gasteiger partial charge in [0, 0.05) is 10.9 Å². The molecule has 0 amide bonds. The van der Waals surface area contributed by atoms with Gasteiger partial charge in [0.2, 0.25) is 0 Å². The molecule has 3 heteroatoms. The summed E-state index contributed by atoms with van der Waals surface area (Å²) in [5, 5.41) is 3.66. The van der Waals surface area contributed by atoms with E-state index in [0.29, 0.717) is 6.04 Å². The molecule has 0 radical (unpaired) electrons. The van der Waals surface area contributed by atoms with Crippen molar-refractivity contribution in [3.05, 3.63) is 56.2 Å². The number of thiophene rings is 1. The van der Waals surface area contributed by atoms with Crippen LogP contribution in [0.25, 0.3) is 0 Å². The van der Waals surface area contributed by atoms with E-state index in [1.165, 1.54) is 19.8 Å². The van der Waals surface area contributed by atoms with E-state index in [2.05, 4.69) is 71.5 Å². The van der Waals surface area contributed by atoms with Crippen LogP contribution in [0, 0.1) is 6.92 Å². The lowest BCUT2D eigenvalue weighted by molar-refractivity contribution is 0.536. The molecule has 1 atom stereocenters. The first-order valence-electron chi connectivity index (χ1n) is 6.74. The predicted octanol–water partition coefficient (Wildman–Crippen LogP) is 5.10. The standard InChI is InChI=1S/C16H20BrNS/c1-3-9-18-14(11-13-7-5-4-6-8-13)15-10-12(2)16(17)19-15/h4-8,10,14,18H,3,9,11H2,1-2H3. The van der Waals surface area contributed by atoms with E-state index >= 15 is 0 Å². The second-order valence-corrected chi connectivity index (χ2v) is 7.20. The fourth-order valence-electron chi connectivity index (χ4n) is 2.10. The average Bonchev–Trinajstić information content (AvgIpc) is 2.76. The Hall–Kier alpha value is -0.640. The lowest BCUT2D eigenvalue weighted by Gasteiger charge is -2.17. The SMILES string of the molecule is CCCNC(Cc1ccccc1)c1cc(C)c(Br)s1. The Labute approximate surface area is 128 Å². The molecule has 0 saturated heterocycles. The molecule has 0 saturated carbocycles. The highest BCUT2D eigenvalue weighted by molar-refractivity contribution is 9.11. The maximum absolute atomic E-state index is 3.66. The molecule has 1 N–H and O–H groups in total. The summed E-state index contributed by atoms with van der Waals surface area (Å²) < 4.78 is 1.25. The van der Waals surface area contributed by atoms with Crippen molar-refractivity contribution in [3.8, 4) is 0 Å². The molecule has 0 aliphatic heterocycles. The highest BCUT2D eigenvalue weighted by atomic mass is 79.9. The topological polar surface area (TPSA) is 12.0 Å². The number of hydrogen-bond donors (Lipinski definition) is 1. The Morgan fingerprint density at radius 3 is 2.58 bits per heavy atom. The molecule has 0 spiro atoms. The molecule has 1 heterocycles. The van der Waals surface area contributed by atoms with Gasteiger partial charge in [-0.15, -0.1) is 11.3 Å². The van der Waals surface area contributed by atoms with Crippen molar-refractivity contribution < 1.29 is 0 Å². The van der Waals surface area contributed by atoms with Crippen molar-refractivity contribution in [1.29, 1.82) is 0 Å². The number of halogens is 1. The third kappa shape index (κ3) is 4.16. The molecule has 1 aromatic carbocycles. The molecule has 0 aliphatic carbocycles. The van der Waals surface area contributed by atoms with Crippen molar-refractivity contribution >= 4 is 27.3 Å². The third-order valence-corrected chi connectivity index (χ3v) is 5.39. The van der Waals surface area contributed by atoms with Crippen molar-refractivity contribution in [3.63, 3.8) is 0 Å². The fourth-order valence-corrected chi connectivity index (χ4v) is 3.74. The van der Waals surface area contributed by atoms with E-state index in [1.54, 1.807) is 0 Å². The molecule has 102 valence electrons. The van der Waals surface area contributed by atoms with E-state index in [9.17, 15) is 0 Å². The Kier molecular flexibility index (Phi) is 5.61. The molecule has 0 fully saturated rings. The first-order chi connectivity index (χ1) is 9.20. The number of rotatable bonds is 6. The van der Waals surface area contributed by atoms with Crippen LogP contribution in [0.5, 0.6) is 0 Å². The van der Waals surface area contributed by atoms with Gasteiger partial charge in [0.25, 0.3) is 0 Å². The van der Waals surface area contributed by atoms with Crippen molar-refractivity contribution in [2.24, 2.45) is 0 Å². The van der Waals surface area contributed by atoms with Gasteiger partial charge >= 0.3 is 0 Å². The molecule has 0 bridgehead atoms. The van der Waals surface area contributed by atoms with Crippen molar-refractivity contribution in [2.45, 2.75) is 32.7 Å². The molecular weight excluding hydrogens is 318 g/mol.